The van der Waals surface area contributed by atoms with E-state index < -0.39 is 0 Å². The fourth-order valence-corrected chi connectivity index (χ4v) is 0. The summed E-state index contributed by atoms with van der Waals surface area (Å²) in [6.07, 6.45) is 0.750. The van der Waals surface area contributed by atoms with Gasteiger partial charge in [0.2, 0.25) is 6.41 Å². The summed E-state index contributed by atoms with van der Waals surface area (Å²) in [5.74, 6) is 0. The number of nitrogens with zero attached hydrogens (tertiary/aromatic N) is 1. The molecule has 0 bridgehead atoms. The topological polar surface area (TPSA) is 20.3 Å². The predicted octanol–water partition coefficient (Wildman–Crippen LogP) is -0.563. The van der Waals surface area contributed by atoms with Gasteiger partial charge in [-0.2, -0.15) is 0 Å². The van der Waals surface area contributed by atoms with Crippen LogP contribution in [0, 0.1) is 26.2 Å². The molecule has 1 amide bonds. The number of carbonyl (C=O) groups excluding carboxylic acids is 1. The molecular formula is C3H8AtNO. The second-order valence-corrected chi connectivity index (χ2v) is 1.07. The van der Waals surface area contributed by atoms with Crippen LogP contribution in [0.5, 0.6) is 0 Å². The van der Waals surface area contributed by atoms with Crippen LogP contribution in [0.15, 0.2) is 0 Å². The maximum absolute atomic E-state index is 9.43. The molecule has 6 heavy (non-hydrogen) atoms. The molecule has 0 aromatic heterocycles. The third-order valence-electron chi connectivity index (χ3n) is 0.211. The van der Waals surface area contributed by atoms with Crippen LogP contribution in [0.3, 0.4) is 0 Å². The quantitative estimate of drug-likeness (QED) is 0.591. The van der Waals surface area contributed by atoms with E-state index in [9.17, 15) is 4.79 Å². The van der Waals surface area contributed by atoms with Gasteiger partial charge in [-0.1, -0.05) is 0 Å². The Bertz CT molecular complexity index is 37.8. The second-order valence-electron chi connectivity index (χ2n) is 1.07. The summed E-state index contributed by atoms with van der Waals surface area (Å²) in [6.45, 7) is 0. The molecule has 3 heteroatoms. The Balaban J connectivity index is 0. The summed E-state index contributed by atoms with van der Waals surface area (Å²) in [5, 5.41) is 0. The van der Waals surface area contributed by atoms with Crippen molar-refractivity contribution in [2.24, 2.45) is 0 Å². The van der Waals surface area contributed by atoms with Crippen molar-refractivity contribution in [3.63, 3.8) is 0 Å². The van der Waals surface area contributed by atoms with Crippen molar-refractivity contribution in [3.8, 4) is 0 Å². The third kappa shape index (κ3) is 8.84. The van der Waals surface area contributed by atoms with Gasteiger partial charge in [0.1, 0.15) is 0 Å². The molecule has 0 aliphatic carbocycles. The van der Waals surface area contributed by atoms with Gasteiger partial charge < -0.3 is 4.90 Å². The molecular weight excluding hydrogens is 276 g/mol. The SMILES string of the molecule is CN(C)C=O.[AtH]. The zero-order chi connectivity index (χ0) is 4.28. The van der Waals surface area contributed by atoms with Gasteiger partial charge in [0, 0.05) is 14.1 Å². The Morgan fingerprint density at radius 3 is 1.67 bits per heavy atom. The summed E-state index contributed by atoms with van der Waals surface area (Å²) in [7, 11) is 3.38. The van der Waals surface area contributed by atoms with Crippen molar-refractivity contribution >= 4 is 6.41 Å². The molecule has 0 fully saturated rings. The van der Waals surface area contributed by atoms with Gasteiger partial charge in [-0.15, -0.1) is 0 Å². The van der Waals surface area contributed by atoms with Crippen molar-refractivity contribution in [3.05, 3.63) is 0 Å². The molecule has 0 radical (unpaired) electrons. The van der Waals surface area contributed by atoms with Crippen LogP contribution >= 0.6 is 0 Å². The van der Waals surface area contributed by atoms with Crippen LogP contribution in [0.25, 0.3) is 0 Å². The van der Waals surface area contributed by atoms with Crippen LogP contribution in [0.2, 0.25) is 0 Å². The fraction of sp³-hybridized carbons (Fsp3) is 0.667. The molecule has 0 spiro atoms. The van der Waals surface area contributed by atoms with Crippen LogP contribution in [0.4, 0.5) is 0 Å². The number of amides is 1. The van der Waals surface area contributed by atoms with Crippen molar-refractivity contribution in [2.45, 2.75) is 0 Å². The first-order valence-electron chi connectivity index (χ1n) is 1.39. The molecule has 0 rings (SSSR count). The average molecular weight is 284 g/mol. The number of rotatable bonds is 1. The number of hydrogen-bond donors (Lipinski definition) is 0. The van der Waals surface area contributed by atoms with Gasteiger partial charge in [-0.05, 0) is 0 Å². The minimum absolute atomic E-state index is 0. The zero-order valence-electron chi connectivity index (χ0n) is 3.84. The Kier molecular flexibility index (Phi) is 8.57. The van der Waals surface area contributed by atoms with E-state index in [1.807, 2.05) is 0 Å². The van der Waals surface area contributed by atoms with E-state index in [4.69, 9.17) is 0 Å². The summed E-state index contributed by atoms with van der Waals surface area (Å²) in [4.78, 5) is 10.9. The van der Waals surface area contributed by atoms with Crippen molar-refractivity contribution in [1.29, 1.82) is 0 Å². The van der Waals surface area contributed by atoms with Crippen molar-refractivity contribution < 1.29 is 31.0 Å². The second kappa shape index (κ2) is 5.35. The Hall–Kier alpha value is 0.353. The van der Waals surface area contributed by atoms with Gasteiger partial charge in [0.05, 0.1) is 0 Å². The zero-order valence-corrected chi connectivity index (χ0v) is 7.02. The summed E-state index contributed by atoms with van der Waals surface area (Å²) >= 11 is 0. The molecule has 38 valence electrons. The fourth-order valence-electron chi connectivity index (χ4n) is 0. The van der Waals surface area contributed by atoms with E-state index in [2.05, 4.69) is 0 Å². The Morgan fingerprint density at radius 2 is 1.67 bits per heavy atom. The molecule has 0 aromatic carbocycles. The first kappa shape index (κ1) is 9.61. The van der Waals surface area contributed by atoms with Crippen molar-refractivity contribution in [1.82, 2.24) is 4.90 Å². The molecule has 0 heterocycles. The summed E-state index contributed by atoms with van der Waals surface area (Å²) in [6, 6.07) is 0. The van der Waals surface area contributed by atoms with Gasteiger partial charge in [0.25, 0.3) is 0 Å². The predicted molar refractivity (Wildman–Crippen MR) is 21.1 cm³/mol. The van der Waals surface area contributed by atoms with Gasteiger partial charge in [-0.3, -0.25) is 4.79 Å². The average Bonchev–Trinajstić information content (AvgIpc) is 1.38. The van der Waals surface area contributed by atoms with E-state index in [-0.39, 0.29) is 26.2 Å². The molecule has 0 aliphatic rings. The first-order valence-corrected chi connectivity index (χ1v) is 1.39. The van der Waals surface area contributed by atoms with Gasteiger partial charge >= 0.3 is 26.2 Å². The van der Waals surface area contributed by atoms with E-state index >= 15 is 0 Å². The molecule has 0 unspecified atom stereocenters. The van der Waals surface area contributed by atoms with E-state index in [1.54, 1.807) is 14.1 Å². The van der Waals surface area contributed by atoms with E-state index in [0.29, 0.717) is 0 Å². The minimum atomic E-state index is 0. The molecule has 2 nitrogen and oxygen atoms in total. The normalized spacial score (nSPS) is 5.67. The maximum atomic E-state index is 9.43. The van der Waals surface area contributed by atoms with E-state index in [1.165, 1.54) is 4.90 Å². The van der Waals surface area contributed by atoms with Crippen molar-refractivity contribution in [2.75, 3.05) is 14.1 Å². The third-order valence-corrected chi connectivity index (χ3v) is 0.211. The standard InChI is InChI=1S/C3H7NO.AtH/c1-4(2)3-5;/h3H,1-2H3;1H. The van der Waals surface area contributed by atoms with Crippen LogP contribution in [-0.4, -0.2) is 25.4 Å². The van der Waals surface area contributed by atoms with Crippen LogP contribution in [-0.2, 0) is 4.79 Å². The van der Waals surface area contributed by atoms with Crippen LogP contribution < -0.4 is 0 Å². The summed E-state index contributed by atoms with van der Waals surface area (Å²) < 4.78 is 0. The number of hydrogen-bond acceptors (Lipinski definition) is 1. The first-order chi connectivity index (χ1) is 2.27. The van der Waals surface area contributed by atoms with Gasteiger partial charge in [-0.25, -0.2) is 0 Å². The molecule has 0 atom stereocenters. The van der Waals surface area contributed by atoms with Crippen LogP contribution in [0.1, 0.15) is 0 Å². The van der Waals surface area contributed by atoms with E-state index in [0.717, 1.165) is 6.41 Å². The Morgan fingerprint density at radius 1 is 1.50 bits per heavy atom. The molecule has 0 saturated carbocycles. The molecule has 0 aliphatic heterocycles. The summed E-state index contributed by atoms with van der Waals surface area (Å²) in [5.41, 5.74) is 0. The molecule has 0 aromatic rings. The Labute approximate surface area is 56.6 Å². The number of carbonyl (C=O) groups is 1. The monoisotopic (exact) mass is 284 g/mol. The van der Waals surface area contributed by atoms with Gasteiger partial charge in [0.15, 0.2) is 0 Å². The molecule has 0 saturated heterocycles. The molecule has 0 N–H and O–H groups in total.